The summed E-state index contributed by atoms with van der Waals surface area (Å²) in [5.74, 6) is 0.566. The maximum atomic E-state index is 12.8. The average Bonchev–Trinajstić information content (AvgIpc) is 2.73. The third kappa shape index (κ3) is 3.73. The third-order valence-corrected chi connectivity index (χ3v) is 6.43. The number of thioether (sulfide) groups is 1. The lowest BCUT2D eigenvalue weighted by atomic mass is 9.77. The molecule has 0 fully saturated rings. The Hall–Kier alpha value is -2.48. The number of ketones is 1. The van der Waals surface area contributed by atoms with Gasteiger partial charge in [0.25, 0.3) is 0 Å². The minimum Gasteiger partial charge on any atom is -0.352 e. The summed E-state index contributed by atoms with van der Waals surface area (Å²) in [6, 6.07) is 20.0. The lowest BCUT2D eigenvalue weighted by Gasteiger charge is -2.33. The molecule has 2 aromatic rings. The highest BCUT2D eigenvalue weighted by atomic mass is 35.5. The van der Waals surface area contributed by atoms with Crippen molar-refractivity contribution in [1.29, 1.82) is 5.26 Å². The van der Waals surface area contributed by atoms with Crippen molar-refractivity contribution in [3.8, 4) is 6.07 Å². The Balaban J connectivity index is 1.75. The van der Waals surface area contributed by atoms with E-state index in [4.69, 9.17) is 11.6 Å². The summed E-state index contributed by atoms with van der Waals surface area (Å²) < 4.78 is 0. The molecule has 5 heteroatoms. The van der Waals surface area contributed by atoms with Crippen molar-refractivity contribution < 1.29 is 4.79 Å². The van der Waals surface area contributed by atoms with Gasteiger partial charge in [0, 0.05) is 28.5 Å². The van der Waals surface area contributed by atoms with Crippen LogP contribution in [0.25, 0.3) is 0 Å². The van der Waals surface area contributed by atoms with E-state index in [-0.39, 0.29) is 11.7 Å². The van der Waals surface area contributed by atoms with Gasteiger partial charge in [0.2, 0.25) is 0 Å². The Kier molecular flexibility index (Phi) is 5.57. The number of allylic oxidation sites excluding steroid dienone is 3. The van der Waals surface area contributed by atoms with Crippen LogP contribution in [0.1, 0.15) is 36.3 Å². The fourth-order valence-corrected chi connectivity index (χ4v) is 4.90. The highest BCUT2D eigenvalue weighted by Crippen LogP contribution is 2.44. The minimum atomic E-state index is -0.329. The van der Waals surface area contributed by atoms with Crippen LogP contribution in [-0.2, 0) is 10.5 Å². The Morgan fingerprint density at radius 2 is 1.86 bits per heavy atom. The van der Waals surface area contributed by atoms with Crippen LogP contribution >= 0.6 is 23.4 Å². The van der Waals surface area contributed by atoms with Crippen molar-refractivity contribution in [2.45, 2.75) is 30.9 Å². The smallest absolute Gasteiger partial charge is 0.161 e. The number of nitriles is 1. The largest absolute Gasteiger partial charge is 0.352 e. The summed E-state index contributed by atoms with van der Waals surface area (Å²) >= 11 is 7.68. The molecule has 1 heterocycles. The summed E-state index contributed by atoms with van der Waals surface area (Å²) in [6.45, 7) is 0. The van der Waals surface area contributed by atoms with Gasteiger partial charge in [-0.1, -0.05) is 54.1 Å². The van der Waals surface area contributed by atoms with Crippen LogP contribution in [0.15, 0.2) is 76.5 Å². The first-order valence-corrected chi connectivity index (χ1v) is 10.6. The molecular formula is C23H19ClN2OS. The Bertz CT molecular complexity index is 1000. The van der Waals surface area contributed by atoms with Crippen molar-refractivity contribution in [3.05, 3.63) is 92.6 Å². The molecule has 0 saturated carbocycles. The first-order valence-electron chi connectivity index (χ1n) is 9.27. The molecule has 28 heavy (non-hydrogen) atoms. The van der Waals surface area contributed by atoms with Crippen LogP contribution < -0.4 is 5.32 Å². The molecule has 4 rings (SSSR count). The van der Waals surface area contributed by atoms with Crippen molar-refractivity contribution >= 4 is 29.1 Å². The van der Waals surface area contributed by atoms with Crippen molar-refractivity contribution in [2.75, 3.05) is 0 Å². The predicted octanol–water partition coefficient (Wildman–Crippen LogP) is 5.70. The summed E-state index contributed by atoms with van der Waals surface area (Å²) in [6.07, 6.45) is 2.21. The van der Waals surface area contributed by atoms with Gasteiger partial charge in [-0.25, -0.2) is 0 Å². The minimum absolute atomic E-state index is 0.133. The SMILES string of the molecule is N#CC1=C(SCc2ccccc2)NC2=C(C(=O)CCC2)[C@@H]1c1ccc(Cl)cc1. The second-order valence-electron chi connectivity index (χ2n) is 6.91. The lowest BCUT2D eigenvalue weighted by molar-refractivity contribution is -0.116. The molecule has 1 aliphatic heterocycles. The van der Waals surface area contributed by atoms with E-state index in [2.05, 4.69) is 23.5 Å². The van der Waals surface area contributed by atoms with E-state index in [1.165, 1.54) is 5.56 Å². The molecule has 0 aromatic heterocycles. The second-order valence-corrected chi connectivity index (χ2v) is 8.33. The van der Waals surface area contributed by atoms with E-state index in [1.807, 2.05) is 42.5 Å². The number of benzene rings is 2. The number of hydrogen-bond acceptors (Lipinski definition) is 4. The molecule has 0 spiro atoms. The Morgan fingerprint density at radius 1 is 1.11 bits per heavy atom. The predicted molar refractivity (Wildman–Crippen MR) is 114 cm³/mol. The fourth-order valence-electron chi connectivity index (χ4n) is 3.76. The third-order valence-electron chi connectivity index (χ3n) is 5.09. The van der Waals surface area contributed by atoms with Gasteiger partial charge in [-0.3, -0.25) is 4.79 Å². The van der Waals surface area contributed by atoms with Gasteiger partial charge < -0.3 is 5.32 Å². The van der Waals surface area contributed by atoms with Crippen LogP contribution in [0.3, 0.4) is 0 Å². The number of rotatable bonds is 4. The van der Waals surface area contributed by atoms with Crippen LogP contribution in [0.5, 0.6) is 0 Å². The second kappa shape index (κ2) is 8.26. The molecule has 0 bridgehead atoms. The molecule has 1 atom stereocenters. The standard InChI is InChI=1S/C23H19ClN2OS/c24-17-11-9-16(10-12-17)21-18(13-25)23(28-14-15-5-2-1-3-6-15)26-19-7-4-8-20(27)22(19)21/h1-3,5-6,9-12,21,26H,4,7-8,14H2/t21-/m1/s1. The summed E-state index contributed by atoms with van der Waals surface area (Å²) in [7, 11) is 0. The molecule has 0 amide bonds. The molecule has 1 N–H and O–H groups in total. The van der Waals surface area contributed by atoms with E-state index in [0.717, 1.165) is 40.5 Å². The van der Waals surface area contributed by atoms with Gasteiger partial charge in [0.15, 0.2) is 5.78 Å². The summed E-state index contributed by atoms with van der Waals surface area (Å²) in [5.41, 5.74) is 4.45. The zero-order valence-corrected chi connectivity index (χ0v) is 16.8. The molecule has 0 radical (unpaired) electrons. The van der Waals surface area contributed by atoms with E-state index >= 15 is 0 Å². The number of carbonyl (C=O) groups is 1. The van der Waals surface area contributed by atoms with Gasteiger partial charge in [-0.15, -0.1) is 11.8 Å². The molecule has 0 saturated heterocycles. The van der Waals surface area contributed by atoms with Crippen molar-refractivity contribution in [1.82, 2.24) is 5.32 Å². The number of nitrogens with zero attached hydrogens (tertiary/aromatic N) is 1. The van der Waals surface area contributed by atoms with E-state index in [0.29, 0.717) is 17.0 Å². The van der Waals surface area contributed by atoms with E-state index < -0.39 is 0 Å². The Morgan fingerprint density at radius 3 is 2.57 bits per heavy atom. The first-order chi connectivity index (χ1) is 13.7. The van der Waals surface area contributed by atoms with E-state index in [9.17, 15) is 10.1 Å². The average molecular weight is 407 g/mol. The Labute approximate surface area is 174 Å². The molecule has 1 aliphatic carbocycles. The van der Waals surface area contributed by atoms with Crippen LogP contribution in [0.4, 0.5) is 0 Å². The molecule has 2 aliphatic rings. The van der Waals surface area contributed by atoms with Gasteiger partial charge in [0.1, 0.15) is 0 Å². The van der Waals surface area contributed by atoms with Crippen molar-refractivity contribution in [2.24, 2.45) is 0 Å². The normalized spacial score (nSPS) is 19.1. The van der Waals surface area contributed by atoms with Gasteiger partial charge in [-0.05, 0) is 36.1 Å². The number of hydrogen-bond donors (Lipinski definition) is 1. The molecule has 0 unspecified atom stereocenters. The topological polar surface area (TPSA) is 52.9 Å². The zero-order chi connectivity index (χ0) is 19.5. The lowest BCUT2D eigenvalue weighted by Crippen LogP contribution is -2.31. The van der Waals surface area contributed by atoms with Crippen LogP contribution in [0.2, 0.25) is 5.02 Å². The number of nitrogens with one attached hydrogen (secondary N) is 1. The monoisotopic (exact) mass is 406 g/mol. The van der Waals surface area contributed by atoms with Crippen LogP contribution in [-0.4, -0.2) is 5.78 Å². The molecule has 140 valence electrons. The quantitative estimate of drug-likeness (QED) is 0.707. The number of halogens is 1. The van der Waals surface area contributed by atoms with Gasteiger partial charge in [0.05, 0.1) is 22.6 Å². The van der Waals surface area contributed by atoms with Gasteiger partial charge in [-0.2, -0.15) is 5.26 Å². The number of dihydropyridines is 1. The van der Waals surface area contributed by atoms with Crippen LogP contribution in [0, 0.1) is 11.3 Å². The zero-order valence-electron chi connectivity index (χ0n) is 15.2. The van der Waals surface area contributed by atoms with E-state index in [1.54, 1.807) is 11.8 Å². The molecule has 3 nitrogen and oxygen atoms in total. The number of Topliss-reactive ketones (excluding diaryl/α,β-unsaturated/α-hetero) is 1. The fraction of sp³-hybridized carbons (Fsp3) is 0.217. The summed E-state index contributed by atoms with van der Waals surface area (Å²) in [4.78, 5) is 12.8. The highest BCUT2D eigenvalue weighted by molar-refractivity contribution is 8.02. The first kappa shape index (κ1) is 18.9. The maximum absolute atomic E-state index is 12.8. The molecule has 2 aromatic carbocycles. The maximum Gasteiger partial charge on any atom is 0.161 e. The number of carbonyl (C=O) groups excluding carboxylic acids is 1. The summed E-state index contributed by atoms with van der Waals surface area (Å²) in [5, 5.41) is 14.9. The highest BCUT2D eigenvalue weighted by Gasteiger charge is 2.36. The van der Waals surface area contributed by atoms with Gasteiger partial charge >= 0.3 is 0 Å². The van der Waals surface area contributed by atoms with Crippen molar-refractivity contribution in [3.63, 3.8) is 0 Å². The molecular weight excluding hydrogens is 388 g/mol.